The van der Waals surface area contributed by atoms with Gasteiger partial charge in [0.05, 0.1) is 11.4 Å². The Labute approximate surface area is 120 Å². The third-order valence-electron chi connectivity index (χ3n) is 3.52. The summed E-state index contributed by atoms with van der Waals surface area (Å²) in [7, 11) is 0.244. The summed E-state index contributed by atoms with van der Waals surface area (Å²) in [5, 5.41) is 9.75. The first-order valence-electron chi connectivity index (χ1n) is 6.83. The molecular weight excluding hydrogens is 278 g/mol. The molecule has 3 N–H and O–H groups in total. The van der Waals surface area contributed by atoms with Gasteiger partial charge in [-0.2, -0.15) is 5.10 Å². The number of sulfonamides is 1. The van der Waals surface area contributed by atoms with Gasteiger partial charge in [-0.3, -0.25) is 5.10 Å². The van der Waals surface area contributed by atoms with Crippen molar-refractivity contribution in [2.24, 2.45) is 0 Å². The first-order chi connectivity index (χ1) is 9.44. The monoisotopic (exact) mass is 301 g/mol. The standard InChI is InChI=1S/C12H23N5O2S/c1-9-12(11(7-13-2)15-14-9)20(18,19)16-10-5-4-6-17(3)8-10/h10,13,16H,4-8H2,1-3H3,(H,14,15). The average molecular weight is 301 g/mol. The first-order valence-corrected chi connectivity index (χ1v) is 8.31. The van der Waals surface area contributed by atoms with Gasteiger partial charge in [-0.1, -0.05) is 0 Å². The van der Waals surface area contributed by atoms with Gasteiger partial charge in [-0.05, 0) is 40.4 Å². The molecule has 2 heterocycles. The van der Waals surface area contributed by atoms with E-state index in [0.717, 1.165) is 25.9 Å². The van der Waals surface area contributed by atoms with E-state index in [1.165, 1.54) is 0 Å². The number of piperidine rings is 1. The summed E-state index contributed by atoms with van der Waals surface area (Å²) in [6.45, 7) is 3.92. The Morgan fingerprint density at radius 3 is 2.90 bits per heavy atom. The normalized spacial score (nSPS) is 21.2. The van der Waals surface area contributed by atoms with Gasteiger partial charge in [-0.25, -0.2) is 13.1 Å². The minimum Gasteiger partial charge on any atom is -0.314 e. The second-order valence-corrected chi connectivity index (χ2v) is 7.03. The van der Waals surface area contributed by atoms with Gasteiger partial charge in [0.25, 0.3) is 0 Å². The van der Waals surface area contributed by atoms with Crippen LogP contribution in [0.1, 0.15) is 24.2 Å². The molecule has 0 bridgehead atoms. The maximum absolute atomic E-state index is 12.6. The molecule has 1 unspecified atom stereocenters. The highest BCUT2D eigenvalue weighted by atomic mass is 32.2. The average Bonchev–Trinajstić information content (AvgIpc) is 2.71. The van der Waals surface area contributed by atoms with Crippen molar-refractivity contribution in [2.45, 2.75) is 37.2 Å². The van der Waals surface area contributed by atoms with Gasteiger partial charge in [0, 0.05) is 19.1 Å². The smallest absolute Gasteiger partial charge is 0.244 e. The van der Waals surface area contributed by atoms with Crippen molar-refractivity contribution >= 4 is 10.0 Å². The number of likely N-dealkylation sites (tertiary alicyclic amines) is 1. The van der Waals surface area contributed by atoms with E-state index in [1.807, 2.05) is 7.05 Å². The quantitative estimate of drug-likeness (QED) is 0.701. The molecule has 1 fully saturated rings. The van der Waals surface area contributed by atoms with E-state index in [2.05, 4.69) is 25.1 Å². The molecule has 1 aliphatic heterocycles. The van der Waals surface area contributed by atoms with Crippen LogP contribution in [-0.2, 0) is 16.6 Å². The fraction of sp³-hybridized carbons (Fsp3) is 0.750. The second-order valence-electron chi connectivity index (χ2n) is 5.38. The number of rotatable bonds is 5. The minimum atomic E-state index is -3.53. The van der Waals surface area contributed by atoms with Crippen molar-refractivity contribution in [1.29, 1.82) is 0 Å². The van der Waals surface area contributed by atoms with E-state index < -0.39 is 10.0 Å². The molecule has 0 aromatic carbocycles. The summed E-state index contributed by atoms with van der Waals surface area (Å²) >= 11 is 0. The maximum Gasteiger partial charge on any atom is 0.244 e. The molecular formula is C12H23N5O2S. The van der Waals surface area contributed by atoms with E-state index in [-0.39, 0.29) is 10.9 Å². The van der Waals surface area contributed by atoms with Crippen molar-refractivity contribution in [1.82, 2.24) is 25.1 Å². The fourth-order valence-electron chi connectivity index (χ4n) is 2.65. The zero-order chi connectivity index (χ0) is 14.8. The fourth-order valence-corrected chi connectivity index (χ4v) is 4.28. The summed E-state index contributed by atoms with van der Waals surface area (Å²) in [4.78, 5) is 2.42. The lowest BCUT2D eigenvalue weighted by Gasteiger charge is -2.30. The lowest BCUT2D eigenvalue weighted by atomic mass is 10.1. The molecule has 7 nitrogen and oxygen atoms in total. The molecule has 1 saturated heterocycles. The van der Waals surface area contributed by atoms with Crippen LogP contribution in [0.4, 0.5) is 0 Å². The van der Waals surface area contributed by atoms with Crippen molar-refractivity contribution in [2.75, 3.05) is 27.2 Å². The number of hydrogen-bond donors (Lipinski definition) is 3. The molecule has 0 spiro atoms. The van der Waals surface area contributed by atoms with Crippen LogP contribution in [0.2, 0.25) is 0 Å². The van der Waals surface area contributed by atoms with E-state index in [1.54, 1.807) is 14.0 Å². The van der Waals surface area contributed by atoms with Crippen molar-refractivity contribution in [3.63, 3.8) is 0 Å². The molecule has 1 atom stereocenters. The van der Waals surface area contributed by atoms with Gasteiger partial charge in [-0.15, -0.1) is 0 Å². The summed E-state index contributed by atoms with van der Waals surface area (Å²) in [6, 6.07) is -0.0320. The predicted octanol–water partition coefficient (Wildman–Crippen LogP) is -0.190. The largest absolute Gasteiger partial charge is 0.314 e. The number of hydrogen-bond acceptors (Lipinski definition) is 5. The lowest BCUT2D eigenvalue weighted by Crippen LogP contribution is -2.46. The number of aromatic nitrogens is 2. The molecule has 1 aliphatic rings. The Balaban J connectivity index is 2.19. The molecule has 0 amide bonds. The molecule has 8 heteroatoms. The highest BCUT2D eigenvalue weighted by Crippen LogP contribution is 2.19. The zero-order valence-electron chi connectivity index (χ0n) is 12.2. The van der Waals surface area contributed by atoms with E-state index >= 15 is 0 Å². The minimum absolute atomic E-state index is 0.0320. The Morgan fingerprint density at radius 2 is 2.25 bits per heavy atom. The molecule has 114 valence electrons. The van der Waals surface area contributed by atoms with Gasteiger partial charge < -0.3 is 10.2 Å². The third-order valence-corrected chi connectivity index (χ3v) is 5.24. The van der Waals surface area contributed by atoms with Gasteiger partial charge in [0.1, 0.15) is 4.90 Å². The summed E-state index contributed by atoms with van der Waals surface area (Å²) in [5.74, 6) is 0. The molecule has 1 aromatic heterocycles. The molecule has 2 rings (SSSR count). The van der Waals surface area contributed by atoms with Gasteiger partial charge >= 0.3 is 0 Å². The zero-order valence-corrected chi connectivity index (χ0v) is 13.0. The number of H-pyrrole nitrogens is 1. The Morgan fingerprint density at radius 1 is 1.50 bits per heavy atom. The van der Waals surface area contributed by atoms with Crippen LogP contribution >= 0.6 is 0 Å². The Kier molecular flexibility index (Phi) is 4.79. The molecule has 0 aliphatic carbocycles. The van der Waals surface area contributed by atoms with Crippen LogP contribution in [0.25, 0.3) is 0 Å². The number of nitrogens with zero attached hydrogens (tertiary/aromatic N) is 2. The van der Waals surface area contributed by atoms with E-state index in [0.29, 0.717) is 17.9 Å². The molecule has 0 radical (unpaired) electrons. The van der Waals surface area contributed by atoms with E-state index in [4.69, 9.17) is 0 Å². The van der Waals surface area contributed by atoms with Crippen LogP contribution in [-0.4, -0.2) is 56.7 Å². The van der Waals surface area contributed by atoms with Crippen LogP contribution in [0.3, 0.4) is 0 Å². The molecule has 0 saturated carbocycles. The first kappa shape index (κ1) is 15.4. The number of aryl methyl sites for hydroxylation is 1. The highest BCUT2D eigenvalue weighted by Gasteiger charge is 2.28. The van der Waals surface area contributed by atoms with Crippen LogP contribution in [0.15, 0.2) is 4.90 Å². The SMILES string of the molecule is CNCc1n[nH]c(C)c1S(=O)(=O)NC1CCCN(C)C1. The summed E-state index contributed by atoms with van der Waals surface area (Å²) in [6.07, 6.45) is 1.89. The van der Waals surface area contributed by atoms with Crippen molar-refractivity contribution in [3.8, 4) is 0 Å². The van der Waals surface area contributed by atoms with Gasteiger partial charge in [0.2, 0.25) is 10.0 Å². The highest BCUT2D eigenvalue weighted by molar-refractivity contribution is 7.89. The van der Waals surface area contributed by atoms with Crippen LogP contribution in [0, 0.1) is 6.92 Å². The lowest BCUT2D eigenvalue weighted by molar-refractivity contribution is 0.242. The van der Waals surface area contributed by atoms with Crippen LogP contribution < -0.4 is 10.0 Å². The van der Waals surface area contributed by atoms with E-state index in [9.17, 15) is 8.42 Å². The second kappa shape index (κ2) is 6.21. The number of aromatic amines is 1. The van der Waals surface area contributed by atoms with Crippen LogP contribution in [0.5, 0.6) is 0 Å². The molecule has 20 heavy (non-hydrogen) atoms. The number of likely N-dealkylation sites (N-methyl/N-ethyl adjacent to an activating group) is 1. The third kappa shape index (κ3) is 3.38. The van der Waals surface area contributed by atoms with Crippen molar-refractivity contribution in [3.05, 3.63) is 11.4 Å². The van der Waals surface area contributed by atoms with Gasteiger partial charge in [0.15, 0.2) is 0 Å². The number of nitrogens with one attached hydrogen (secondary N) is 3. The Bertz CT molecular complexity index is 554. The molecule has 1 aromatic rings. The maximum atomic E-state index is 12.6. The van der Waals surface area contributed by atoms with Crippen molar-refractivity contribution < 1.29 is 8.42 Å². The summed E-state index contributed by atoms with van der Waals surface area (Å²) < 4.78 is 27.9. The predicted molar refractivity (Wildman–Crippen MR) is 76.9 cm³/mol. The summed E-state index contributed by atoms with van der Waals surface area (Å²) in [5.41, 5.74) is 1.11. The Hall–Kier alpha value is -0.960. The topological polar surface area (TPSA) is 90.1 Å².